The minimum Gasteiger partial charge on any atom is -0.350 e. The molecule has 0 spiro atoms. The summed E-state index contributed by atoms with van der Waals surface area (Å²) >= 11 is 1.61. The monoisotopic (exact) mass is 463 g/mol. The summed E-state index contributed by atoms with van der Waals surface area (Å²) in [6.45, 7) is 0.945. The number of amides is 1. The molecule has 8 heteroatoms. The van der Waals surface area contributed by atoms with Crippen LogP contribution in [0.2, 0.25) is 0 Å². The number of rotatable bonds is 9. The molecule has 1 aliphatic carbocycles. The van der Waals surface area contributed by atoms with Crippen LogP contribution in [-0.4, -0.2) is 51.9 Å². The van der Waals surface area contributed by atoms with Gasteiger partial charge in [-0.2, -0.15) is 0 Å². The van der Waals surface area contributed by atoms with Crippen molar-refractivity contribution in [2.24, 2.45) is 0 Å². The number of thiophene rings is 1. The first-order valence-electron chi connectivity index (χ1n) is 10.9. The third-order valence-electron chi connectivity index (χ3n) is 6.23. The Morgan fingerprint density at radius 1 is 1.06 bits per heavy atom. The summed E-state index contributed by atoms with van der Waals surface area (Å²) in [6, 6.07) is 10.1. The fourth-order valence-electron chi connectivity index (χ4n) is 4.15. The lowest BCUT2D eigenvalue weighted by molar-refractivity contribution is 0.0869. The summed E-state index contributed by atoms with van der Waals surface area (Å²) in [6.07, 6.45) is 7.68. The van der Waals surface area contributed by atoms with Crippen molar-refractivity contribution in [3.63, 3.8) is 0 Å². The summed E-state index contributed by atoms with van der Waals surface area (Å²) in [5.74, 6) is -0.167. The molecule has 1 heterocycles. The number of nitrogens with zero attached hydrogens (tertiary/aromatic N) is 1. The third-order valence-corrected chi connectivity index (χ3v) is 8.64. The summed E-state index contributed by atoms with van der Waals surface area (Å²) in [5.41, 5.74) is 0.460. The van der Waals surface area contributed by atoms with Crippen molar-refractivity contribution in [3.8, 4) is 0 Å². The quantitative estimate of drug-likeness (QED) is 0.557. The average molecular weight is 464 g/mol. The van der Waals surface area contributed by atoms with Crippen LogP contribution in [0.1, 0.15) is 53.8 Å². The van der Waals surface area contributed by atoms with Crippen LogP contribution in [0.25, 0.3) is 0 Å². The standard InChI is InChI=1S/C23H33N3O3S2/c1-26(2)23(14-5-3-4-6-15-23)18-24-22(27)19-9-11-21(12-10-19)31(28,29)25-16-13-20-8-7-17-30-20/h7-12,17,25H,3-6,13-16,18H2,1-2H3,(H,24,27). The Labute approximate surface area is 190 Å². The molecule has 0 unspecified atom stereocenters. The van der Waals surface area contributed by atoms with Gasteiger partial charge in [0.25, 0.3) is 5.91 Å². The van der Waals surface area contributed by atoms with Gasteiger partial charge in [0, 0.05) is 29.1 Å². The number of carbonyl (C=O) groups is 1. The van der Waals surface area contributed by atoms with E-state index in [2.05, 4.69) is 29.0 Å². The Balaban J connectivity index is 1.57. The van der Waals surface area contributed by atoms with E-state index in [0.29, 0.717) is 25.1 Å². The summed E-state index contributed by atoms with van der Waals surface area (Å²) in [5, 5.41) is 5.06. The Hall–Kier alpha value is -1.74. The number of hydrogen-bond donors (Lipinski definition) is 2. The second-order valence-corrected chi connectivity index (χ2v) is 11.3. The molecular weight excluding hydrogens is 430 g/mol. The molecule has 0 radical (unpaired) electrons. The molecule has 1 aliphatic rings. The van der Waals surface area contributed by atoms with Crippen molar-refractivity contribution in [1.82, 2.24) is 14.9 Å². The molecule has 1 aromatic carbocycles. The Bertz CT molecular complexity index is 931. The number of nitrogens with one attached hydrogen (secondary N) is 2. The van der Waals surface area contributed by atoms with Gasteiger partial charge < -0.3 is 10.2 Å². The molecule has 31 heavy (non-hydrogen) atoms. The minimum atomic E-state index is -3.59. The fourth-order valence-corrected chi connectivity index (χ4v) is 5.89. The van der Waals surface area contributed by atoms with E-state index in [-0.39, 0.29) is 16.3 Å². The minimum absolute atomic E-state index is 0.0120. The fraction of sp³-hybridized carbons (Fsp3) is 0.522. The van der Waals surface area contributed by atoms with Gasteiger partial charge in [-0.15, -0.1) is 11.3 Å². The molecule has 2 aromatic rings. The van der Waals surface area contributed by atoms with Gasteiger partial charge in [-0.1, -0.05) is 31.7 Å². The molecular formula is C23H33N3O3S2. The van der Waals surface area contributed by atoms with Gasteiger partial charge in [-0.05, 0) is 69.1 Å². The summed E-state index contributed by atoms with van der Waals surface area (Å²) < 4.78 is 27.6. The number of sulfonamides is 1. The lowest BCUT2D eigenvalue weighted by Crippen LogP contribution is -2.52. The second kappa shape index (κ2) is 10.7. The highest BCUT2D eigenvalue weighted by Crippen LogP contribution is 2.30. The molecule has 1 saturated carbocycles. The predicted molar refractivity (Wildman–Crippen MR) is 126 cm³/mol. The van der Waals surface area contributed by atoms with Crippen LogP contribution in [0.15, 0.2) is 46.7 Å². The first kappa shape index (κ1) is 23.9. The molecule has 0 aliphatic heterocycles. The van der Waals surface area contributed by atoms with Crippen LogP contribution in [0.5, 0.6) is 0 Å². The van der Waals surface area contributed by atoms with Gasteiger partial charge in [-0.25, -0.2) is 13.1 Å². The molecule has 1 fully saturated rings. The van der Waals surface area contributed by atoms with Gasteiger partial charge in [-0.3, -0.25) is 4.79 Å². The lowest BCUT2D eigenvalue weighted by atomic mass is 9.88. The highest BCUT2D eigenvalue weighted by Gasteiger charge is 2.33. The van der Waals surface area contributed by atoms with E-state index < -0.39 is 10.0 Å². The Kier molecular flexibility index (Phi) is 8.27. The van der Waals surface area contributed by atoms with E-state index in [4.69, 9.17) is 0 Å². The molecule has 6 nitrogen and oxygen atoms in total. The zero-order valence-electron chi connectivity index (χ0n) is 18.4. The topological polar surface area (TPSA) is 78.5 Å². The molecule has 1 amide bonds. The van der Waals surface area contributed by atoms with E-state index >= 15 is 0 Å². The highest BCUT2D eigenvalue weighted by molar-refractivity contribution is 7.89. The smallest absolute Gasteiger partial charge is 0.251 e. The SMILES string of the molecule is CN(C)C1(CNC(=O)c2ccc(S(=O)(=O)NCCc3cccs3)cc2)CCCCCC1. The highest BCUT2D eigenvalue weighted by atomic mass is 32.2. The van der Waals surface area contributed by atoms with Crippen molar-refractivity contribution < 1.29 is 13.2 Å². The van der Waals surface area contributed by atoms with E-state index in [9.17, 15) is 13.2 Å². The molecule has 0 saturated heterocycles. The van der Waals surface area contributed by atoms with Crippen molar-refractivity contribution in [2.75, 3.05) is 27.2 Å². The van der Waals surface area contributed by atoms with E-state index in [1.165, 1.54) is 37.8 Å². The van der Waals surface area contributed by atoms with Crippen molar-refractivity contribution in [2.45, 2.75) is 55.4 Å². The van der Waals surface area contributed by atoms with Crippen LogP contribution in [0.3, 0.4) is 0 Å². The largest absolute Gasteiger partial charge is 0.350 e. The maximum atomic E-state index is 12.7. The maximum absolute atomic E-state index is 12.7. The van der Waals surface area contributed by atoms with Gasteiger partial charge in [0.05, 0.1) is 4.90 Å². The average Bonchev–Trinajstić information content (AvgIpc) is 3.15. The van der Waals surface area contributed by atoms with Gasteiger partial charge in [0.15, 0.2) is 0 Å². The zero-order valence-corrected chi connectivity index (χ0v) is 20.0. The molecule has 0 bridgehead atoms. The zero-order chi connectivity index (χ0) is 22.3. The third kappa shape index (κ3) is 6.38. The number of carbonyl (C=O) groups excluding carboxylic acids is 1. The second-order valence-electron chi connectivity index (χ2n) is 8.47. The molecule has 1 aromatic heterocycles. The van der Waals surface area contributed by atoms with Gasteiger partial charge in [0.1, 0.15) is 0 Å². The molecule has 3 rings (SSSR count). The lowest BCUT2D eigenvalue weighted by Gasteiger charge is -2.39. The van der Waals surface area contributed by atoms with E-state index in [1.807, 2.05) is 17.5 Å². The molecule has 2 N–H and O–H groups in total. The van der Waals surface area contributed by atoms with Crippen LogP contribution in [0.4, 0.5) is 0 Å². The summed E-state index contributed by atoms with van der Waals surface area (Å²) in [4.78, 5) is 16.3. The predicted octanol–water partition coefficient (Wildman–Crippen LogP) is 3.65. The first-order chi connectivity index (χ1) is 14.8. The normalized spacial score (nSPS) is 16.7. The van der Waals surface area contributed by atoms with Crippen LogP contribution >= 0.6 is 11.3 Å². The summed E-state index contributed by atoms with van der Waals surface area (Å²) in [7, 11) is 0.578. The van der Waals surface area contributed by atoms with E-state index in [1.54, 1.807) is 23.5 Å². The molecule has 170 valence electrons. The Morgan fingerprint density at radius 3 is 2.32 bits per heavy atom. The number of likely N-dealkylation sites (N-methyl/N-ethyl adjacent to an activating group) is 1. The Morgan fingerprint density at radius 2 is 1.74 bits per heavy atom. The molecule has 0 atom stereocenters. The number of hydrogen-bond acceptors (Lipinski definition) is 5. The van der Waals surface area contributed by atoms with Crippen LogP contribution in [0, 0.1) is 0 Å². The van der Waals surface area contributed by atoms with Gasteiger partial charge >= 0.3 is 0 Å². The first-order valence-corrected chi connectivity index (χ1v) is 13.3. The van der Waals surface area contributed by atoms with Gasteiger partial charge in [0.2, 0.25) is 10.0 Å². The van der Waals surface area contributed by atoms with Crippen LogP contribution in [-0.2, 0) is 16.4 Å². The maximum Gasteiger partial charge on any atom is 0.251 e. The van der Waals surface area contributed by atoms with Crippen molar-refractivity contribution >= 4 is 27.3 Å². The van der Waals surface area contributed by atoms with E-state index in [0.717, 1.165) is 17.7 Å². The van der Waals surface area contributed by atoms with Crippen molar-refractivity contribution in [1.29, 1.82) is 0 Å². The van der Waals surface area contributed by atoms with Crippen LogP contribution < -0.4 is 10.0 Å². The van der Waals surface area contributed by atoms with Crippen molar-refractivity contribution in [3.05, 3.63) is 52.2 Å². The number of benzene rings is 1.